The number of aromatic amines is 1. The molecular weight excluding hydrogens is 382 g/mol. The smallest absolute Gasteiger partial charge is 0.128 e. The Labute approximate surface area is 183 Å². The summed E-state index contributed by atoms with van der Waals surface area (Å²) in [7, 11) is 0. The molecule has 1 aliphatic rings. The molecule has 4 aromatic rings. The van der Waals surface area contributed by atoms with Crippen LogP contribution in [0.3, 0.4) is 0 Å². The number of benzene rings is 1. The van der Waals surface area contributed by atoms with Gasteiger partial charge in [0.15, 0.2) is 0 Å². The van der Waals surface area contributed by atoms with Crippen molar-refractivity contribution in [2.24, 2.45) is 5.73 Å². The van der Waals surface area contributed by atoms with Crippen molar-refractivity contribution in [1.82, 2.24) is 15.0 Å². The van der Waals surface area contributed by atoms with Gasteiger partial charge in [-0.1, -0.05) is 12.1 Å². The molecule has 0 bridgehead atoms. The maximum absolute atomic E-state index is 6.13. The summed E-state index contributed by atoms with van der Waals surface area (Å²) < 4.78 is 0. The molecule has 5 heteroatoms. The summed E-state index contributed by atoms with van der Waals surface area (Å²) >= 11 is 0. The van der Waals surface area contributed by atoms with Crippen molar-refractivity contribution in [2.75, 3.05) is 18.0 Å². The second-order valence-corrected chi connectivity index (χ2v) is 8.78. The number of hydrogen-bond acceptors (Lipinski definition) is 4. The molecule has 4 heterocycles. The predicted octanol–water partition coefficient (Wildman–Crippen LogP) is 5.14. The Bertz CT molecular complexity index is 1220. The van der Waals surface area contributed by atoms with E-state index in [1.54, 1.807) is 0 Å². The molecule has 1 aliphatic heterocycles. The van der Waals surface area contributed by atoms with Gasteiger partial charge in [0.2, 0.25) is 0 Å². The van der Waals surface area contributed by atoms with E-state index in [9.17, 15) is 0 Å². The summed E-state index contributed by atoms with van der Waals surface area (Å²) in [5.41, 5.74) is 15.2. The molecule has 1 aromatic carbocycles. The average molecular weight is 412 g/mol. The van der Waals surface area contributed by atoms with Gasteiger partial charge < -0.3 is 15.6 Å². The number of anilines is 1. The van der Waals surface area contributed by atoms with Crippen LogP contribution < -0.4 is 10.6 Å². The molecule has 5 rings (SSSR count). The third kappa shape index (κ3) is 3.81. The van der Waals surface area contributed by atoms with E-state index in [2.05, 4.69) is 64.3 Å². The summed E-state index contributed by atoms with van der Waals surface area (Å²) in [6, 6.07) is 15.4. The summed E-state index contributed by atoms with van der Waals surface area (Å²) in [5, 5.41) is 1.25. The number of pyridine rings is 2. The van der Waals surface area contributed by atoms with Crippen LogP contribution in [-0.2, 0) is 0 Å². The minimum Gasteiger partial charge on any atom is -0.355 e. The second-order valence-electron chi connectivity index (χ2n) is 8.78. The number of rotatable bonds is 3. The molecule has 1 saturated heterocycles. The van der Waals surface area contributed by atoms with E-state index in [-0.39, 0.29) is 6.04 Å². The van der Waals surface area contributed by atoms with Gasteiger partial charge in [0, 0.05) is 64.4 Å². The molecule has 1 atom stereocenters. The number of H-pyrrole nitrogens is 1. The lowest BCUT2D eigenvalue weighted by Gasteiger charge is -2.31. The summed E-state index contributed by atoms with van der Waals surface area (Å²) in [4.78, 5) is 15.2. The zero-order valence-corrected chi connectivity index (χ0v) is 18.4. The van der Waals surface area contributed by atoms with Gasteiger partial charge >= 0.3 is 0 Å². The number of hydrogen-bond donors (Lipinski definition) is 2. The van der Waals surface area contributed by atoms with Crippen LogP contribution in [0.2, 0.25) is 0 Å². The standard InChI is InChI=1S/C26H29N5/c1-16-11-21(12-17(2)29-16)26-18(3)23-8-6-19(13-24(23)30-26)20-7-9-25(28-14-20)31-10-4-5-22(27)15-31/h6-9,11-14,22,30H,4-5,10,15,27H2,1-3H3/t22-/m0/s1. The molecule has 1 fully saturated rings. The zero-order chi connectivity index (χ0) is 21.5. The van der Waals surface area contributed by atoms with Crippen molar-refractivity contribution in [3.05, 3.63) is 65.6 Å². The van der Waals surface area contributed by atoms with Gasteiger partial charge in [-0.15, -0.1) is 0 Å². The molecule has 0 spiro atoms. The second kappa shape index (κ2) is 7.82. The summed E-state index contributed by atoms with van der Waals surface area (Å²) in [6.07, 6.45) is 4.21. The van der Waals surface area contributed by atoms with E-state index < -0.39 is 0 Å². The van der Waals surface area contributed by atoms with Crippen LogP contribution in [0.15, 0.2) is 48.7 Å². The fourth-order valence-corrected chi connectivity index (χ4v) is 4.75. The Balaban J connectivity index is 1.47. The first-order chi connectivity index (χ1) is 15.0. The summed E-state index contributed by atoms with van der Waals surface area (Å²) in [6.45, 7) is 8.18. The van der Waals surface area contributed by atoms with Crippen LogP contribution in [0.1, 0.15) is 29.8 Å². The minimum absolute atomic E-state index is 0.246. The Kier molecular flexibility index (Phi) is 4.98. The monoisotopic (exact) mass is 411 g/mol. The topological polar surface area (TPSA) is 70.8 Å². The maximum atomic E-state index is 6.13. The molecule has 3 aromatic heterocycles. The number of nitrogens with one attached hydrogen (secondary N) is 1. The van der Waals surface area contributed by atoms with E-state index in [1.807, 2.05) is 20.0 Å². The third-order valence-electron chi connectivity index (χ3n) is 6.29. The number of aryl methyl sites for hydroxylation is 3. The predicted molar refractivity (Wildman–Crippen MR) is 128 cm³/mol. The van der Waals surface area contributed by atoms with Crippen molar-refractivity contribution < 1.29 is 0 Å². The number of aromatic nitrogens is 3. The first-order valence-electron chi connectivity index (χ1n) is 11.0. The first-order valence-corrected chi connectivity index (χ1v) is 11.0. The van der Waals surface area contributed by atoms with Crippen LogP contribution in [0.4, 0.5) is 5.82 Å². The summed E-state index contributed by atoms with van der Waals surface area (Å²) in [5.74, 6) is 1.02. The van der Waals surface area contributed by atoms with Crippen LogP contribution >= 0.6 is 0 Å². The maximum Gasteiger partial charge on any atom is 0.128 e. The van der Waals surface area contributed by atoms with Crippen molar-refractivity contribution in [3.8, 4) is 22.4 Å². The fraction of sp³-hybridized carbons (Fsp3) is 0.308. The lowest BCUT2D eigenvalue weighted by atomic mass is 10.0. The van der Waals surface area contributed by atoms with Gasteiger partial charge in [-0.3, -0.25) is 4.98 Å². The van der Waals surface area contributed by atoms with Gasteiger partial charge in [-0.05, 0) is 75.1 Å². The molecule has 158 valence electrons. The third-order valence-corrected chi connectivity index (χ3v) is 6.29. The van der Waals surface area contributed by atoms with E-state index >= 15 is 0 Å². The van der Waals surface area contributed by atoms with Crippen LogP contribution in [0.5, 0.6) is 0 Å². The average Bonchev–Trinajstić information content (AvgIpc) is 3.09. The Morgan fingerprint density at radius 2 is 1.74 bits per heavy atom. The zero-order valence-electron chi connectivity index (χ0n) is 18.4. The van der Waals surface area contributed by atoms with E-state index in [4.69, 9.17) is 10.7 Å². The van der Waals surface area contributed by atoms with Gasteiger partial charge in [0.05, 0.1) is 0 Å². The molecule has 0 aliphatic carbocycles. The van der Waals surface area contributed by atoms with Gasteiger partial charge in [-0.25, -0.2) is 4.98 Å². The highest BCUT2D eigenvalue weighted by atomic mass is 15.2. The SMILES string of the molecule is Cc1cc(-c2[nH]c3cc(-c4ccc(N5CCC[C@H](N)C5)nc4)ccc3c2C)cc(C)n1. The Morgan fingerprint density at radius 1 is 0.968 bits per heavy atom. The normalized spacial score (nSPS) is 16.8. The number of fused-ring (bicyclic) bond motifs is 1. The quantitative estimate of drug-likeness (QED) is 0.489. The molecule has 0 unspecified atom stereocenters. The van der Waals surface area contributed by atoms with Crippen LogP contribution in [0.25, 0.3) is 33.3 Å². The molecule has 0 amide bonds. The van der Waals surface area contributed by atoms with Crippen LogP contribution in [0, 0.1) is 20.8 Å². The van der Waals surface area contributed by atoms with Crippen LogP contribution in [-0.4, -0.2) is 34.1 Å². The lowest BCUT2D eigenvalue weighted by Crippen LogP contribution is -2.43. The van der Waals surface area contributed by atoms with Crippen molar-refractivity contribution in [3.63, 3.8) is 0 Å². The number of nitrogens with zero attached hydrogens (tertiary/aromatic N) is 3. The van der Waals surface area contributed by atoms with Crippen molar-refractivity contribution in [1.29, 1.82) is 0 Å². The Morgan fingerprint density at radius 3 is 2.45 bits per heavy atom. The Hall–Kier alpha value is -3.18. The lowest BCUT2D eigenvalue weighted by molar-refractivity contribution is 0.503. The highest BCUT2D eigenvalue weighted by molar-refractivity contribution is 5.93. The van der Waals surface area contributed by atoms with E-state index in [0.29, 0.717) is 0 Å². The molecule has 3 N–H and O–H groups in total. The molecule has 5 nitrogen and oxygen atoms in total. The largest absolute Gasteiger partial charge is 0.355 e. The molecule has 31 heavy (non-hydrogen) atoms. The minimum atomic E-state index is 0.246. The number of nitrogens with two attached hydrogens (primary N) is 1. The first kappa shape index (κ1) is 19.8. The highest BCUT2D eigenvalue weighted by Gasteiger charge is 2.18. The molecule has 0 saturated carbocycles. The van der Waals surface area contributed by atoms with Crippen molar-refractivity contribution >= 4 is 16.7 Å². The van der Waals surface area contributed by atoms with Crippen molar-refractivity contribution in [2.45, 2.75) is 39.7 Å². The van der Waals surface area contributed by atoms with E-state index in [1.165, 1.54) is 16.5 Å². The fourth-order valence-electron chi connectivity index (χ4n) is 4.75. The highest BCUT2D eigenvalue weighted by Crippen LogP contribution is 2.33. The van der Waals surface area contributed by atoms with Gasteiger partial charge in [-0.2, -0.15) is 0 Å². The molecular formula is C26H29N5. The van der Waals surface area contributed by atoms with Gasteiger partial charge in [0.25, 0.3) is 0 Å². The van der Waals surface area contributed by atoms with E-state index in [0.717, 1.165) is 65.5 Å². The molecule has 0 radical (unpaired) electrons. The van der Waals surface area contributed by atoms with Gasteiger partial charge in [0.1, 0.15) is 5.82 Å². The number of piperidine rings is 1.